The van der Waals surface area contributed by atoms with Crippen LogP contribution < -0.4 is 0 Å². The fourth-order valence-electron chi connectivity index (χ4n) is 2.66. The molecule has 0 fully saturated rings. The van der Waals surface area contributed by atoms with Gasteiger partial charge in [-0.15, -0.1) is 11.8 Å². The molecule has 0 bridgehead atoms. The van der Waals surface area contributed by atoms with E-state index in [2.05, 4.69) is 19.6 Å². The van der Waals surface area contributed by atoms with Crippen LogP contribution in [0.1, 0.15) is 44.0 Å². The van der Waals surface area contributed by atoms with Crippen molar-refractivity contribution in [2.24, 2.45) is 0 Å². The van der Waals surface area contributed by atoms with Gasteiger partial charge in [-0.2, -0.15) is 0 Å². The standard InChI is InChI=1S/C17H32O4S2Si/c1-22-17(14-18,23(2)19)12-8-6-7-10-16(21-24(3,4)5)15-11-9-13-20-15/h9,11,13,16,18H,6-8,10,12,14H2,1-5H3. The molecule has 24 heavy (non-hydrogen) atoms. The Hall–Kier alpha value is -0.0831. The largest absolute Gasteiger partial charge is 0.467 e. The maximum atomic E-state index is 11.9. The lowest BCUT2D eigenvalue weighted by atomic mass is 10.1. The lowest BCUT2D eigenvalue weighted by Crippen LogP contribution is -2.34. The molecule has 0 radical (unpaired) electrons. The Morgan fingerprint density at radius 2 is 2.08 bits per heavy atom. The van der Waals surface area contributed by atoms with Gasteiger partial charge in [0, 0.05) is 17.1 Å². The average Bonchev–Trinajstić information content (AvgIpc) is 3.03. The molecule has 0 aliphatic carbocycles. The number of furan rings is 1. The van der Waals surface area contributed by atoms with Gasteiger partial charge in [0.05, 0.1) is 12.9 Å². The van der Waals surface area contributed by atoms with Crippen LogP contribution in [0.2, 0.25) is 19.6 Å². The van der Waals surface area contributed by atoms with E-state index < -0.39 is 23.2 Å². The molecular formula is C17H32O4S2Si. The summed E-state index contributed by atoms with van der Waals surface area (Å²) < 4.78 is 23.2. The molecule has 1 aromatic heterocycles. The summed E-state index contributed by atoms with van der Waals surface area (Å²) in [4.78, 5) is 0. The minimum absolute atomic E-state index is 0.0233. The van der Waals surface area contributed by atoms with Crippen molar-refractivity contribution in [1.29, 1.82) is 0 Å². The van der Waals surface area contributed by atoms with Gasteiger partial charge in [0.15, 0.2) is 8.32 Å². The summed E-state index contributed by atoms with van der Waals surface area (Å²) in [6.07, 6.45) is 10.0. The molecule has 0 aliphatic rings. The molecule has 140 valence electrons. The maximum Gasteiger partial charge on any atom is 0.184 e. The first kappa shape index (κ1) is 22.0. The predicted octanol–water partition coefficient (Wildman–Crippen LogP) is 4.55. The van der Waals surface area contributed by atoms with Gasteiger partial charge in [0.1, 0.15) is 15.9 Å². The number of hydrogen-bond donors (Lipinski definition) is 1. The second kappa shape index (κ2) is 10.2. The fraction of sp³-hybridized carbons (Fsp3) is 0.765. The fourth-order valence-corrected chi connectivity index (χ4v) is 5.78. The van der Waals surface area contributed by atoms with Gasteiger partial charge in [-0.1, -0.05) is 19.3 Å². The molecule has 0 spiro atoms. The zero-order valence-electron chi connectivity index (χ0n) is 15.5. The highest BCUT2D eigenvalue weighted by Crippen LogP contribution is 2.33. The van der Waals surface area contributed by atoms with Gasteiger partial charge in [0.25, 0.3) is 0 Å². The van der Waals surface area contributed by atoms with Crippen LogP contribution in [0.3, 0.4) is 0 Å². The molecule has 1 heterocycles. The maximum absolute atomic E-state index is 11.9. The first-order valence-electron chi connectivity index (χ1n) is 8.45. The summed E-state index contributed by atoms with van der Waals surface area (Å²) in [7, 11) is -2.67. The monoisotopic (exact) mass is 392 g/mol. The number of aliphatic hydroxyl groups excluding tert-OH is 1. The molecule has 1 aromatic rings. The third-order valence-electron chi connectivity index (χ3n) is 4.02. The molecule has 0 saturated heterocycles. The zero-order valence-corrected chi connectivity index (χ0v) is 18.2. The summed E-state index contributed by atoms with van der Waals surface area (Å²) in [5.41, 5.74) is 0. The minimum atomic E-state index is -1.64. The Morgan fingerprint density at radius 1 is 1.38 bits per heavy atom. The molecule has 4 nitrogen and oxygen atoms in total. The van der Waals surface area contributed by atoms with Crippen molar-refractivity contribution in [3.8, 4) is 0 Å². The number of aliphatic hydroxyl groups is 1. The topological polar surface area (TPSA) is 59.7 Å². The smallest absolute Gasteiger partial charge is 0.184 e. The Morgan fingerprint density at radius 3 is 2.54 bits per heavy atom. The number of rotatable bonds is 12. The minimum Gasteiger partial charge on any atom is -0.467 e. The van der Waals surface area contributed by atoms with Crippen LogP contribution in [0.5, 0.6) is 0 Å². The number of unbranched alkanes of at least 4 members (excludes halogenated alkanes) is 2. The number of hydrogen-bond acceptors (Lipinski definition) is 5. The predicted molar refractivity (Wildman–Crippen MR) is 106 cm³/mol. The third-order valence-corrected chi connectivity index (χ3v) is 8.67. The van der Waals surface area contributed by atoms with Gasteiger partial charge in [-0.3, -0.25) is 4.21 Å². The van der Waals surface area contributed by atoms with Crippen LogP contribution in [0.25, 0.3) is 0 Å². The van der Waals surface area contributed by atoms with Gasteiger partial charge in [0.2, 0.25) is 0 Å². The van der Waals surface area contributed by atoms with Crippen LogP contribution >= 0.6 is 11.8 Å². The second-order valence-electron chi connectivity index (χ2n) is 7.06. The van der Waals surface area contributed by atoms with E-state index in [4.69, 9.17) is 8.84 Å². The van der Waals surface area contributed by atoms with E-state index in [9.17, 15) is 9.32 Å². The van der Waals surface area contributed by atoms with Crippen molar-refractivity contribution in [3.63, 3.8) is 0 Å². The zero-order chi connectivity index (χ0) is 18.2. The third kappa shape index (κ3) is 7.04. The summed E-state index contributed by atoms with van der Waals surface area (Å²) in [5, 5.41) is 9.60. The summed E-state index contributed by atoms with van der Waals surface area (Å²) in [6, 6.07) is 3.89. The molecule has 1 rings (SSSR count). The molecule has 0 amide bonds. The molecule has 0 saturated carbocycles. The summed E-state index contributed by atoms with van der Waals surface area (Å²) in [6.45, 7) is 6.53. The highest BCUT2D eigenvalue weighted by atomic mass is 32.2. The van der Waals surface area contributed by atoms with Crippen LogP contribution in [0.4, 0.5) is 0 Å². The van der Waals surface area contributed by atoms with Crippen molar-refractivity contribution < 1.29 is 18.2 Å². The quantitative estimate of drug-likeness (QED) is 0.417. The highest BCUT2D eigenvalue weighted by molar-refractivity contribution is 8.12. The van der Waals surface area contributed by atoms with Crippen molar-refractivity contribution in [1.82, 2.24) is 0 Å². The van der Waals surface area contributed by atoms with E-state index in [0.29, 0.717) is 0 Å². The lowest BCUT2D eigenvalue weighted by molar-refractivity contribution is 0.155. The Balaban J connectivity index is 2.47. The van der Waals surface area contributed by atoms with Gasteiger partial charge < -0.3 is 13.9 Å². The first-order chi connectivity index (χ1) is 11.2. The molecule has 3 atom stereocenters. The van der Waals surface area contributed by atoms with E-state index in [1.807, 2.05) is 18.4 Å². The van der Waals surface area contributed by atoms with Crippen molar-refractivity contribution in [3.05, 3.63) is 24.2 Å². The normalized spacial score (nSPS) is 17.4. The molecule has 7 heteroatoms. The van der Waals surface area contributed by atoms with Crippen molar-refractivity contribution in [2.75, 3.05) is 19.1 Å². The Labute approximate surface area is 154 Å². The van der Waals surface area contributed by atoms with E-state index in [1.165, 1.54) is 11.8 Å². The van der Waals surface area contributed by atoms with E-state index in [1.54, 1.807) is 12.5 Å². The van der Waals surface area contributed by atoms with E-state index in [0.717, 1.165) is 37.9 Å². The SMILES string of the molecule is CSC(CO)(CCCCCC(O[Si](C)(C)C)c1ccco1)S(C)=O. The summed E-state index contributed by atoms with van der Waals surface area (Å²) in [5.74, 6) is 0.904. The molecule has 0 aromatic carbocycles. The Kier molecular flexibility index (Phi) is 9.30. The van der Waals surface area contributed by atoms with E-state index >= 15 is 0 Å². The average molecular weight is 393 g/mol. The van der Waals surface area contributed by atoms with E-state index in [-0.39, 0.29) is 12.7 Å². The number of thioether (sulfide) groups is 1. The van der Waals surface area contributed by atoms with Gasteiger partial charge in [-0.25, -0.2) is 0 Å². The molecular weight excluding hydrogens is 360 g/mol. The van der Waals surface area contributed by atoms with Crippen molar-refractivity contribution >= 4 is 30.9 Å². The Bertz CT molecular complexity index is 481. The first-order valence-corrected chi connectivity index (χ1v) is 14.6. The van der Waals surface area contributed by atoms with Gasteiger partial charge >= 0.3 is 0 Å². The molecule has 0 aliphatic heterocycles. The van der Waals surface area contributed by atoms with Crippen LogP contribution in [-0.4, -0.2) is 40.8 Å². The molecule has 3 unspecified atom stereocenters. The molecule has 1 N–H and O–H groups in total. The van der Waals surface area contributed by atoms with Crippen LogP contribution in [0, 0.1) is 0 Å². The van der Waals surface area contributed by atoms with Crippen molar-refractivity contribution in [2.45, 2.75) is 61.9 Å². The van der Waals surface area contributed by atoms with Crippen LogP contribution in [0.15, 0.2) is 22.8 Å². The highest BCUT2D eigenvalue weighted by Gasteiger charge is 2.32. The lowest BCUT2D eigenvalue weighted by Gasteiger charge is -2.28. The van der Waals surface area contributed by atoms with Gasteiger partial charge in [-0.05, 0) is 50.9 Å². The summed E-state index contributed by atoms with van der Waals surface area (Å²) >= 11 is 1.51. The van der Waals surface area contributed by atoms with Crippen LogP contribution in [-0.2, 0) is 15.2 Å². The second-order valence-corrected chi connectivity index (χ2v) is 14.7.